The van der Waals surface area contributed by atoms with Gasteiger partial charge in [0.25, 0.3) is 0 Å². The first-order valence-electron chi connectivity index (χ1n) is 9.13. The van der Waals surface area contributed by atoms with Crippen molar-refractivity contribution in [3.63, 3.8) is 0 Å². The number of amides is 1. The molecule has 0 aliphatic carbocycles. The van der Waals surface area contributed by atoms with Crippen LogP contribution in [0.15, 0.2) is 94.2 Å². The highest BCUT2D eigenvalue weighted by atomic mass is 32.2. The molecule has 0 saturated heterocycles. The summed E-state index contributed by atoms with van der Waals surface area (Å²) in [6.45, 7) is 0. The fourth-order valence-electron chi connectivity index (χ4n) is 3.09. The Labute approximate surface area is 173 Å². The summed E-state index contributed by atoms with van der Waals surface area (Å²) < 4.78 is 5.67. The molecule has 1 amide bonds. The summed E-state index contributed by atoms with van der Waals surface area (Å²) in [6.07, 6.45) is 2.02. The van der Waals surface area contributed by atoms with E-state index in [0.717, 1.165) is 21.6 Å². The van der Waals surface area contributed by atoms with Gasteiger partial charge in [-0.25, -0.2) is 0 Å². The molecule has 0 atom stereocenters. The molecule has 144 valence electrons. The Kier molecular flexibility index (Phi) is 5.72. The smallest absolute Gasteiger partial charge is 0.322 e. The fourth-order valence-corrected chi connectivity index (χ4v) is 3.50. The largest absolute Gasteiger partial charge is 0.403 e. The van der Waals surface area contributed by atoms with Crippen LogP contribution in [0.3, 0.4) is 0 Å². The van der Waals surface area contributed by atoms with Gasteiger partial charge < -0.3 is 4.42 Å². The third-order valence-electron chi connectivity index (χ3n) is 4.52. The molecular weight excluding hydrogens is 382 g/mol. The zero-order valence-corrected chi connectivity index (χ0v) is 16.6. The monoisotopic (exact) mass is 401 g/mol. The molecule has 5 nitrogen and oxygen atoms in total. The number of hydrogen-bond donors (Lipinski definition) is 1. The molecule has 0 bridgehead atoms. The lowest BCUT2D eigenvalue weighted by Crippen LogP contribution is -2.22. The van der Waals surface area contributed by atoms with Gasteiger partial charge in [-0.3, -0.25) is 10.1 Å². The molecule has 1 heterocycles. The number of hydrogen-bond acceptors (Lipinski definition) is 5. The highest BCUT2D eigenvalue weighted by molar-refractivity contribution is 7.98. The van der Waals surface area contributed by atoms with Crippen LogP contribution in [-0.2, 0) is 4.79 Å². The van der Waals surface area contributed by atoms with Crippen molar-refractivity contribution < 1.29 is 9.21 Å². The number of anilines is 1. The summed E-state index contributed by atoms with van der Waals surface area (Å²) in [6, 6.07) is 27.2. The van der Waals surface area contributed by atoms with Crippen molar-refractivity contribution in [2.75, 3.05) is 11.6 Å². The highest BCUT2D eigenvalue weighted by Crippen LogP contribution is 2.27. The maximum absolute atomic E-state index is 13.1. The average Bonchev–Trinajstić information content (AvgIpc) is 3.24. The second kappa shape index (κ2) is 8.75. The van der Waals surface area contributed by atoms with E-state index in [2.05, 4.69) is 15.5 Å². The predicted molar refractivity (Wildman–Crippen MR) is 115 cm³/mol. The molecule has 0 unspecified atom stereocenters. The van der Waals surface area contributed by atoms with Crippen molar-refractivity contribution in [3.8, 4) is 11.5 Å². The Hall–Kier alpha value is -3.38. The van der Waals surface area contributed by atoms with E-state index in [1.807, 2.05) is 91.2 Å². The molecule has 4 aromatic rings. The quantitative estimate of drug-likeness (QED) is 0.448. The lowest BCUT2D eigenvalue weighted by molar-refractivity contribution is -0.116. The molecule has 0 spiro atoms. The Bertz CT molecular complexity index is 1040. The number of carbonyl (C=O) groups is 1. The molecule has 4 rings (SSSR count). The Balaban J connectivity index is 1.57. The molecule has 3 aromatic carbocycles. The number of carbonyl (C=O) groups excluding carboxylic acids is 1. The molecule has 1 aromatic heterocycles. The minimum absolute atomic E-state index is 0.0794. The van der Waals surface area contributed by atoms with Crippen LogP contribution in [0.25, 0.3) is 11.5 Å². The van der Waals surface area contributed by atoms with E-state index >= 15 is 0 Å². The van der Waals surface area contributed by atoms with Crippen LogP contribution in [0.2, 0.25) is 0 Å². The van der Waals surface area contributed by atoms with Crippen molar-refractivity contribution in [2.24, 2.45) is 0 Å². The number of nitrogens with zero attached hydrogens (tertiary/aromatic N) is 2. The van der Waals surface area contributed by atoms with E-state index in [4.69, 9.17) is 4.42 Å². The van der Waals surface area contributed by atoms with Gasteiger partial charge in [0.15, 0.2) is 0 Å². The van der Waals surface area contributed by atoms with Gasteiger partial charge in [0, 0.05) is 10.5 Å². The van der Waals surface area contributed by atoms with Crippen molar-refractivity contribution in [1.29, 1.82) is 0 Å². The van der Waals surface area contributed by atoms with Gasteiger partial charge in [0.2, 0.25) is 11.8 Å². The van der Waals surface area contributed by atoms with Gasteiger partial charge in [-0.2, -0.15) is 0 Å². The van der Waals surface area contributed by atoms with Gasteiger partial charge in [-0.05, 0) is 41.6 Å². The Morgan fingerprint density at radius 3 is 2.00 bits per heavy atom. The summed E-state index contributed by atoms with van der Waals surface area (Å²) in [7, 11) is 0. The highest BCUT2D eigenvalue weighted by Gasteiger charge is 2.24. The fraction of sp³-hybridized carbons (Fsp3) is 0.0870. The molecule has 0 aliphatic heterocycles. The molecule has 0 radical (unpaired) electrons. The van der Waals surface area contributed by atoms with Gasteiger partial charge >= 0.3 is 6.01 Å². The minimum atomic E-state index is -0.478. The van der Waals surface area contributed by atoms with Crippen LogP contribution in [0.5, 0.6) is 0 Å². The second-order valence-corrected chi connectivity index (χ2v) is 7.26. The summed E-state index contributed by atoms with van der Waals surface area (Å²) in [5, 5.41) is 10.8. The topological polar surface area (TPSA) is 68.0 Å². The van der Waals surface area contributed by atoms with Crippen LogP contribution < -0.4 is 5.32 Å². The van der Waals surface area contributed by atoms with Gasteiger partial charge in [-0.1, -0.05) is 65.8 Å². The zero-order chi connectivity index (χ0) is 20.1. The van der Waals surface area contributed by atoms with Crippen LogP contribution >= 0.6 is 11.8 Å². The first-order valence-corrected chi connectivity index (χ1v) is 10.4. The van der Waals surface area contributed by atoms with Crippen LogP contribution in [0.4, 0.5) is 6.01 Å². The molecule has 0 fully saturated rings. The van der Waals surface area contributed by atoms with Crippen molar-refractivity contribution in [3.05, 3.63) is 96.1 Å². The van der Waals surface area contributed by atoms with E-state index in [0.29, 0.717) is 5.89 Å². The standard InChI is InChI=1S/C23H19N3O2S/c1-29-19-14-12-18(13-15-19)22-25-26-23(28-22)24-21(27)20(16-8-4-2-5-9-16)17-10-6-3-7-11-17/h2-15,20H,1H3,(H,24,26,27). The summed E-state index contributed by atoms with van der Waals surface area (Å²) in [5.74, 6) is -0.340. The maximum atomic E-state index is 13.1. The number of rotatable bonds is 6. The van der Waals surface area contributed by atoms with E-state index < -0.39 is 5.92 Å². The summed E-state index contributed by atoms with van der Waals surface area (Å²) >= 11 is 1.66. The first kappa shape index (κ1) is 19.0. The third kappa shape index (κ3) is 4.38. The molecular formula is C23H19N3O2S. The minimum Gasteiger partial charge on any atom is -0.403 e. The molecule has 0 saturated carbocycles. The lowest BCUT2D eigenvalue weighted by Gasteiger charge is -2.16. The van der Waals surface area contributed by atoms with E-state index in [-0.39, 0.29) is 11.9 Å². The van der Waals surface area contributed by atoms with Crippen molar-refractivity contribution in [1.82, 2.24) is 10.2 Å². The summed E-state index contributed by atoms with van der Waals surface area (Å²) in [5.41, 5.74) is 2.59. The van der Waals surface area contributed by atoms with Gasteiger partial charge in [0.1, 0.15) is 0 Å². The predicted octanol–water partition coefficient (Wildman–Crippen LogP) is 5.23. The first-order chi connectivity index (χ1) is 14.2. The maximum Gasteiger partial charge on any atom is 0.322 e. The van der Waals surface area contributed by atoms with Gasteiger partial charge in [0.05, 0.1) is 5.92 Å². The molecule has 6 heteroatoms. The number of nitrogens with one attached hydrogen (secondary N) is 1. The van der Waals surface area contributed by atoms with E-state index in [1.165, 1.54) is 0 Å². The molecule has 29 heavy (non-hydrogen) atoms. The number of aromatic nitrogens is 2. The Morgan fingerprint density at radius 2 is 1.45 bits per heavy atom. The van der Waals surface area contributed by atoms with Crippen LogP contribution in [0.1, 0.15) is 17.0 Å². The van der Waals surface area contributed by atoms with Crippen LogP contribution in [-0.4, -0.2) is 22.4 Å². The third-order valence-corrected chi connectivity index (χ3v) is 5.26. The molecule has 1 N–H and O–H groups in total. The van der Waals surface area contributed by atoms with Crippen molar-refractivity contribution in [2.45, 2.75) is 10.8 Å². The number of benzene rings is 3. The number of thioether (sulfide) groups is 1. The van der Waals surface area contributed by atoms with Gasteiger partial charge in [-0.15, -0.1) is 16.9 Å². The Morgan fingerprint density at radius 1 is 0.862 bits per heavy atom. The molecule has 0 aliphatic rings. The lowest BCUT2D eigenvalue weighted by atomic mass is 9.90. The van der Waals surface area contributed by atoms with E-state index in [1.54, 1.807) is 11.8 Å². The zero-order valence-electron chi connectivity index (χ0n) is 15.8. The van der Waals surface area contributed by atoms with Crippen LogP contribution in [0, 0.1) is 0 Å². The summed E-state index contributed by atoms with van der Waals surface area (Å²) in [4.78, 5) is 14.2. The van der Waals surface area contributed by atoms with Crippen molar-refractivity contribution >= 4 is 23.7 Å². The second-order valence-electron chi connectivity index (χ2n) is 6.38. The average molecular weight is 401 g/mol. The van der Waals surface area contributed by atoms with E-state index in [9.17, 15) is 4.79 Å². The SMILES string of the molecule is CSc1ccc(-c2nnc(NC(=O)C(c3ccccc3)c3ccccc3)o2)cc1. The normalized spacial score (nSPS) is 10.8.